The Balaban J connectivity index is 2.31. The standard InChI is InChI=1S/C17H21NO4/c1-10(2)18-9-14(19)15(17(18)21)16(20)12-5-7-13(8-6-12)22-11(3)4/h5-8,10-11,20H,9H2,1-4H3/b16-15-. The maximum absolute atomic E-state index is 12.2. The van der Waals surface area contributed by atoms with E-state index >= 15 is 0 Å². The molecule has 0 unspecified atom stereocenters. The summed E-state index contributed by atoms with van der Waals surface area (Å²) in [5.41, 5.74) is 0.296. The van der Waals surface area contributed by atoms with Crippen LogP contribution in [-0.2, 0) is 9.59 Å². The maximum Gasteiger partial charge on any atom is 0.262 e. The highest BCUT2D eigenvalue weighted by Crippen LogP contribution is 2.26. The average molecular weight is 303 g/mol. The molecule has 0 radical (unpaired) electrons. The molecule has 5 nitrogen and oxygen atoms in total. The first-order valence-corrected chi connectivity index (χ1v) is 7.35. The van der Waals surface area contributed by atoms with E-state index in [9.17, 15) is 14.7 Å². The molecule has 0 bridgehead atoms. The number of carbonyl (C=O) groups is 2. The highest BCUT2D eigenvalue weighted by molar-refractivity contribution is 6.28. The van der Waals surface area contributed by atoms with Gasteiger partial charge in [-0.2, -0.15) is 0 Å². The third kappa shape index (κ3) is 3.13. The molecule has 118 valence electrons. The van der Waals surface area contributed by atoms with Crippen LogP contribution in [0.15, 0.2) is 29.8 Å². The molecule has 0 atom stereocenters. The molecule has 22 heavy (non-hydrogen) atoms. The fourth-order valence-corrected chi connectivity index (χ4v) is 2.33. The molecule has 1 aliphatic heterocycles. The van der Waals surface area contributed by atoms with E-state index in [-0.39, 0.29) is 35.8 Å². The van der Waals surface area contributed by atoms with Crippen molar-refractivity contribution < 1.29 is 19.4 Å². The first kappa shape index (κ1) is 16.1. The lowest BCUT2D eigenvalue weighted by molar-refractivity contribution is -0.126. The van der Waals surface area contributed by atoms with Crippen LogP contribution in [0.5, 0.6) is 5.75 Å². The van der Waals surface area contributed by atoms with E-state index in [1.165, 1.54) is 4.90 Å². The fraction of sp³-hybridized carbons (Fsp3) is 0.412. The minimum atomic E-state index is -0.417. The molecule has 0 aromatic heterocycles. The molecule has 1 aliphatic rings. The number of carbonyl (C=O) groups excluding carboxylic acids is 2. The van der Waals surface area contributed by atoms with Crippen molar-refractivity contribution in [3.8, 4) is 5.75 Å². The largest absolute Gasteiger partial charge is 0.506 e. The summed E-state index contributed by atoms with van der Waals surface area (Å²) in [6, 6.07) is 6.60. The van der Waals surface area contributed by atoms with Crippen LogP contribution >= 0.6 is 0 Å². The van der Waals surface area contributed by atoms with Crippen molar-refractivity contribution in [1.82, 2.24) is 4.90 Å². The minimum Gasteiger partial charge on any atom is -0.506 e. The number of hydrogen-bond donors (Lipinski definition) is 1. The highest BCUT2D eigenvalue weighted by atomic mass is 16.5. The zero-order valence-corrected chi connectivity index (χ0v) is 13.3. The van der Waals surface area contributed by atoms with E-state index in [0.717, 1.165) is 0 Å². The van der Waals surface area contributed by atoms with E-state index in [1.54, 1.807) is 24.3 Å². The Morgan fingerprint density at radius 1 is 1.14 bits per heavy atom. The van der Waals surface area contributed by atoms with Gasteiger partial charge in [0.15, 0.2) is 5.78 Å². The molecule has 5 heteroatoms. The lowest BCUT2D eigenvalue weighted by atomic mass is 10.1. The number of aliphatic hydroxyl groups excluding tert-OH is 1. The second kappa shape index (κ2) is 6.22. The van der Waals surface area contributed by atoms with Crippen molar-refractivity contribution in [2.45, 2.75) is 39.8 Å². The molecule has 1 saturated heterocycles. The number of ketones is 1. The van der Waals surface area contributed by atoms with Crippen molar-refractivity contribution in [3.63, 3.8) is 0 Å². The van der Waals surface area contributed by atoms with Crippen molar-refractivity contribution in [2.24, 2.45) is 0 Å². The predicted octanol–water partition coefficient (Wildman–Crippen LogP) is 2.56. The normalized spacial score (nSPS) is 17.6. The van der Waals surface area contributed by atoms with Crippen LogP contribution in [0.25, 0.3) is 5.76 Å². The lowest BCUT2D eigenvalue weighted by Crippen LogP contribution is -2.32. The first-order chi connectivity index (χ1) is 10.3. The second-order valence-electron chi connectivity index (χ2n) is 5.86. The van der Waals surface area contributed by atoms with Crippen molar-refractivity contribution in [3.05, 3.63) is 35.4 Å². The monoisotopic (exact) mass is 303 g/mol. The number of rotatable bonds is 4. The summed E-state index contributed by atoms with van der Waals surface area (Å²) in [6.45, 7) is 7.53. The third-order valence-electron chi connectivity index (χ3n) is 3.43. The summed E-state index contributed by atoms with van der Waals surface area (Å²) in [5, 5.41) is 10.3. The number of likely N-dealkylation sites (tertiary alicyclic amines) is 1. The van der Waals surface area contributed by atoms with Gasteiger partial charge in [-0.15, -0.1) is 0 Å². The molecule has 0 aliphatic carbocycles. The van der Waals surface area contributed by atoms with Gasteiger partial charge in [0.25, 0.3) is 5.91 Å². The van der Waals surface area contributed by atoms with Gasteiger partial charge in [0.05, 0.1) is 12.6 Å². The van der Waals surface area contributed by atoms with Crippen LogP contribution in [0.3, 0.4) is 0 Å². The predicted molar refractivity (Wildman–Crippen MR) is 83.6 cm³/mol. The van der Waals surface area contributed by atoms with Gasteiger partial charge in [0.1, 0.15) is 17.1 Å². The fourth-order valence-electron chi connectivity index (χ4n) is 2.33. The topological polar surface area (TPSA) is 66.8 Å². The lowest BCUT2D eigenvalue weighted by Gasteiger charge is -2.18. The minimum absolute atomic E-state index is 0.0183. The van der Waals surface area contributed by atoms with Gasteiger partial charge in [0, 0.05) is 11.6 Å². The number of aliphatic hydroxyl groups is 1. The van der Waals surface area contributed by atoms with E-state index < -0.39 is 5.91 Å². The number of hydrogen-bond acceptors (Lipinski definition) is 4. The number of ether oxygens (including phenoxy) is 1. The molecule has 1 fully saturated rings. The van der Waals surface area contributed by atoms with Gasteiger partial charge >= 0.3 is 0 Å². The molecule has 1 aromatic rings. The van der Waals surface area contributed by atoms with Gasteiger partial charge < -0.3 is 14.7 Å². The number of benzene rings is 1. The molecular weight excluding hydrogens is 282 g/mol. The quantitative estimate of drug-likeness (QED) is 0.527. The van der Waals surface area contributed by atoms with E-state index in [4.69, 9.17) is 4.74 Å². The van der Waals surface area contributed by atoms with Gasteiger partial charge in [-0.3, -0.25) is 9.59 Å². The van der Waals surface area contributed by atoms with Crippen molar-refractivity contribution >= 4 is 17.4 Å². The molecule has 0 saturated carbocycles. The average Bonchev–Trinajstić information content (AvgIpc) is 2.73. The Morgan fingerprint density at radius 3 is 2.18 bits per heavy atom. The van der Waals surface area contributed by atoms with Gasteiger partial charge in [-0.1, -0.05) is 0 Å². The van der Waals surface area contributed by atoms with Crippen LogP contribution in [0, 0.1) is 0 Å². The molecule has 0 spiro atoms. The Bertz CT molecular complexity index is 614. The Morgan fingerprint density at radius 2 is 1.73 bits per heavy atom. The van der Waals surface area contributed by atoms with Crippen LogP contribution in [-0.4, -0.2) is 40.4 Å². The van der Waals surface area contributed by atoms with Crippen LogP contribution in [0.4, 0.5) is 0 Å². The third-order valence-corrected chi connectivity index (χ3v) is 3.43. The summed E-state index contributed by atoms with van der Waals surface area (Å²) in [5.74, 6) is -0.364. The zero-order valence-electron chi connectivity index (χ0n) is 13.3. The highest BCUT2D eigenvalue weighted by Gasteiger charge is 2.37. The Hall–Kier alpha value is -2.30. The summed E-state index contributed by atoms with van der Waals surface area (Å²) in [4.78, 5) is 25.7. The second-order valence-corrected chi connectivity index (χ2v) is 5.86. The maximum atomic E-state index is 12.2. The summed E-state index contributed by atoms with van der Waals surface area (Å²) < 4.78 is 5.53. The summed E-state index contributed by atoms with van der Waals surface area (Å²) >= 11 is 0. The van der Waals surface area contributed by atoms with Crippen LogP contribution in [0.1, 0.15) is 33.3 Å². The Kier molecular flexibility index (Phi) is 4.54. The van der Waals surface area contributed by atoms with E-state index in [1.807, 2.05) is 27.7 Å². The van der Waals surface area contributed by atoms with Crippen LogP contribution < -0.4 is 4.74 Å². The molecule has 1 aromatic carbocycles. The van der Waals surface area contributed by atoms with Gasteiger partial charge in [-0.05, 0) is 52.0 Å². The smallest absolute Gasteiger partial charge is 0.262 e. The molecule has 2 rings (SSSR count). The van der Waals surface area contributed by atoms with Crippen molar-refractivity contribution in [1.29, 1.82) is 0 Å². The van der Waals surface area contributed by atoms with Gasteiger partial charge in [0.2, 0.25) is 0 Å². The summed E-state index contributed by atoms with van der Waals surface area (Å²) in [6.07, 6.45) is 0.0513. The van der Waals surface area contributed by atoms with E-state index in [0.29, 0.717) is 11.3 Å². The Labute approximate surface area is 130 Å². The number of Topliss-reactive ketones (excluding diaryl/α,β-unsaturated/α-hetero) is 1. The molecule has 1 N–H and O–H groups in total. The number of nitrogens with zero attached hydrogens (tertiary/aromatic N) is 1. The van der Waals surface area contributed by atoms with E-state index in [2.05, 4.69) is 0 Å². The summed E-state index contributed by atoms with van der Waals surface area (Å²) in [7, 11) is 0. The SMILES string of the molecule is CC(C)Oc1ccc(/C(O)=C2\C(=O)CN(C(C)C)C2=O)cc1. The molecule has 1 heterocycles. The van der Waals surface area contributed by atoms with Crippen LogP contribution in [0.2, 0.25) is 0 Å². The first-order valence-electron chi connectivity index (χ1n) is 7.35. The molecule has 1 amide bonds. The van der Waals surface area contributed by atoms with Gasteiger partial charge in [-0.25, -0.2) is 0 Å². The molecular formula is C17H21NO4. The number of amides is 1. The zero-order chi connectivity index (χ0) is 16.4. The van der Waals surface area contributed by atoms with Crippen molar-refractivity contribution in [2.75, 3.05) is 6.54 Å².